The van der Waals surface area contributed by atoms with Crippen molar-refractivity contribution in [3.63, 3.8) is 0 Å². The zero-order valence-corrected chi connectivity index (χ0v) is 11.2. The summed E-state index contributed by atoms with van der Waals surface area (Å²) < 4.78 is 0. The Kier molecular flexibility index (Phi) is 6.55. The topological polar surface area (TPSA) is 61.6 Å². The first-order valence-corrected chi connectivity index (χ1v) is 5.64. The van der Waals surface area contributed by atoms with E-state index in [0.29, 0.717) is 6.54 Å². The lowest BCUT2D eigenvalue weighted by Gasteiger charge is -2.30. The molecule has 0 rings (SSSR count). The van der Waals surface area contributed by atoms with Crippen molar-refractivity contribution >= 4 is 5.91 Å². The highest BCUT2D eigenvalue weighted by molar-refractivity contribution is 5.84. The van der Waals surface area contributed by atoms with Crippen LogP contribution in [-0.4, -0.2) is 69.1 Å². The highest BCUT2D eigenvalue weighted by atomic mass is 16.1. The molecule has 0 aliphatic heterocycles. The first kappa shape index (κ1) is 15.3. The van der Waals surface area contributed by atoms with E-state index >= 15 is 0 Å². The molecule has 0 saturated heterocycles. The van der Waals surface area contributed by atoms with Crippen LogP contribution in [0.2, 0.25) is 0 Å². The number of nitrogens with zero attached hydrogens (tertiary/aromatic N) is 2. The molecule has 1 atom stereocenters. The molecular formula is C11H26N4O. The second-order valence-electron chi connectivity index (χ2n) is 4.84. The van der Waals surface area contributed by atoms with Crippen molar-refractivity contribution < 1.29 is 4.79 Å². The van der Waals surface area contributed by atoms with Gasteiger partial charge in [-0.05, 0) is 54.6 Å². The van der Waals surface area contributed by atoms with Crippen LogP contribution in [0.5, 0.6) is 0 Å². The van der Waals surface area contributed by atoms with Crippen molar-refractivity contribution in [2.45, 2.75) is 18.9 Å². The average Bonchev–Trinajstić information content (AvgIpc) is 2.16. The maximum atomic E-state index is 11.3. The van der Waals surface area contributed by atoms with Crippen molar-refractivity contribution in [3.8, 4) is 0 Å². The third kappa shape index (κ3) is 5.44. The second kappa shape index (κ2) is 6.83. The Bertz CT molecular complexity index is 220. The molecule has 0 saturated carbocycles. The Labute approximate surface area is 99.0 Å². The molecule has 0 spiro atoms. The molecule has 0 fully saturated rings. The highest BCUT2D eigenvalue weighted by Crippen LogP contribution is 2.04. The van der Waals surface area contributed by atoms with Gasteiger partial charge in [-0.3, -0.25) is 4.79 Å². The third-order valence-corrected chi connectivity index (χ3v) is 2.83. The van der Waals surface area contributed by atoms with Crippen LogP contribution in [0.1, 0.15) is 13.3 Å². The van der Waals surface area contributed by atoms with E-state index in [1.165, 1.54) is 0 Å². The molecule has 1 amide bonds. The van der Waals surface area contributed by atoms with Crippen LogP contribution >= 0.6 is 0 Å². The molecule has 0 aromatic carbocycles. The van der Waals surface area contributed by atoms with E-state index in [9.17, 15) is 4.79 Å². The number of nitrogens with two attached hydrogens (primary N) is 1. The lowest BCUT2D eigenvalue weighted by atomic mass is 10.0. The molecule has 0 bridgehead atoms. The molecule has 0 radical (unpaired) electrons. The van der Waals surface area contributed by atoms with E-state index in [1.807, 2.05) is 14.0 Å². The maximum Gasteiger partial charge on any atom is 0.238 e. The fourth-order valence-electron chi connectivity index (χ4n) is 1.56. The predicted octanol–water partition coefficient (Wildman–Crippen LogP) is -0.667. The largest absolute Gasteiger partial charge is 0.368 e. The van der Waals surface area contributed by atoms with Gasteiger partial charge in [-0.15, -0.1) is 0 Å². The molecule has 96 valence electrons. The smallest absolute Gasteiger partial charge is 0.238 e. The van der Waals surface area contributed by atoms with Gasteiger partial charge in [0.05, 0.1) is 0 Å². The summed E-state index contributed by atoms with van der Waals surface area (Å²) in [4.78, 5) is 15.6. The molecular weight excluding hydrogens is 204 g/mol. The number of carbonyl (C=O) groups is 1. The Morgan fingerprint density at radius 1 is 1.31 bits per heavy atom. The molecule has 1 unspecified atom stereocenters. The average molecular weight is 230 g/mol. The predicted molar refractivity (Wildman–Crippen MR) is 67.3 cm³/mol. The summed E-state index contributed by atoms with van der Waals surface area (Å²) in [5.74, 6) is -0.311. The molecule has 5 heteroatoms. The second-order valence-corrected chi connectivity index (χ2v) is 4.84. The molecule has 0 aromatic rings. The number of likely N-dealkylation sites (N-methyl/N-ethyl adjacent to an activating group) is 2. The van der Waals surface area contributed by atoms with E-state index in [4.69, 9.17) is 5.73 Å². The zero-order chi connectivity index (χ0) is 12.8. The van der Waals surface area contributed by atoms with Gasteiger partial charge < -0.3 is 20.9 Å². The number of carbonyl (C=O) groups excluding carboxylic acids is 1. The lowest BCUT2D eigenvalue weighted by Crippen LogP contribution is -2.57. The first-order valence-electron chi connectivity index (χ1n) is 5.64. The first-order chi connectivity index (χ1) is 7.31. The van der Waals surface area contributed by atoms with Gasteiger partial charge in [0.25, 0.3) is 0 Å². The van der Waals surface area contributed by atoms with Gasteiger partial charge in [-0.2, -0.15) is 0 Å². The van der Waals surface area contributed by atoms with Crippen molar-refractivity contribution in [2.75, 3.05) is 47.8 Å². The SMILES string of the molecule is CNC(C)(CN(C)CCCN(C)C)C(N)=O. The highest BCUT2D eigenvalue weighted by Gasteiger charge is 2.30. The number of amides is 1. The van der Waals surface area contributed by atoms with Crippen LogP contribution in [-0.2, 0) is 4.79 Å². The number of rotatable bonds is 8. The number of hydrogen-bond acceptors (Lipinski definition) is 4. The summed E-state index contributed by atoms with van der Waals surface area (Å²) in [6.07, 6.45) is 1.09. The summed E-state index contributed by atoms with van der Waals surface area (Å²) >= 11 is 0. The van der Waals surface area contributed by atoms with E-state index < -0.39 is 5.54 Å². The molecule has 3 N–H and O–H groups in total. The van der Waals surface area contributed by atoms with Crippen LogP contribution in [0, 0.1) is 0 Å². The summed E-state index contributed by atoms with van der Waals surface area (Å²) in [7, 11) is 7.88. The molecule has 16 heavy (non-hydrogen) atoms. The molecule has 0 aliphatic carbocycles. The Balaban J connectivity index is 4.02. The minimum atomic E-state index is -0.646. The van der Waals surface area contributed by atoms with Gasteiger partial charge in [0.2, 0.25) is 5.91 Å². The van der Waals surface area contributed by atoms with Crippen LogP contribution < -0.4 is 11.1 Å². The van der Waals surface area contributed by atoms with Crippen molar-refractivity contribution in [1.82, 2.24) is 15.1 Å². The lowest BCUT2D eigenvalue weighted by molar-refractivity contribution is -0.124. The van der Waals surface area contributed by atoms with Gasteiger partial charge in [0.15, 0.2) is 0 Å². The van der Waals surface area contributed by atoms with Gasteiger partial charge in [0.1, 0.15) is 5.54 Å². The Morgan fingerprint density at radius 2 is 1.88 bits per heavy atom. The summed E-state index contributed by atoms with van der Waals surface area (Å²) in [5, 5.41) is 2.98. The van der Waals surface area contributed by atoms with Gasteiger partial charge in [-0.25, -0.2) is 0 Å². The minimum absolute atomic E-state index is 0.311. The molecule has 5 nitrogen and oxygen atoms in total. The molecule has 0 heterocycles. The quantitative estimate of drug-likeness (QED) is 0.581. The number of primary amides is 1. The Morgan fingerprint density at radius 3 is 2.25 bits per heavy atom. The molecule has 0 aliphatic rings. The fraction of sp³-hybridized carbons (Fsp3) is 0.909. The third-order valence-electron chi connectivity index (χ3n) is 2.83. The summed E-state index contributed by atoms with van der Waals surface area (Å²) in [5.41, 5.74) is 4.72. The fourth-order valence-corrected chi connectivity index (χ4v) is 1.56. The standard InChI is InChI=1S/C11H26N4O/c1-11(13-2,10(12)16)9-15(5)8-6-7-14(3)4/h13H,6-9H2,1-5H3,(H2,12,16). The monoisotopic (exact) mass is 230 g/mol. The van der Waals surface area contributed by atoms with Gasteiger partial charge in [-0.1, -0.05) is 0 Å². The summed E-state index contributed by atoms with van der Waals surface area (Å²) in [6, 6.07) is 0. The van der Waals surface area contributed by atoms with Crippen LogP contribution in [0.4, 0.5) is 0 Å². The number of hydrogen-bond donors (Lipinski definition) is 2. The van der Waals surface area contributed by atoms with E-state index in [2.05, 4.69) is 29.2 Å². The van der Waals surface area contributed by atoms with E-state index in [1.54, 1.807) is 7.05 Å². The van der Waals surface area contributed by atoms with Gasteiger partial charge in [0, 0.05) is 6.54 Å². The Hall–Kier alpha value is -0.650. The zero-order valence-electron chi connectivity index (χ0n) is 11.2. The van der Waals surface area contributed by atoms with Crippen molar-refractivity contribution in [2.24, 2.45) is 5.73 Å². The van der Waals surface area contributed by atoms with Crippen LogP contribution in [0.15, 0.2) is 0 Å². The maximum absolute atomic E-state index is 11.3. The van der Waals surface area contributed by atoms with Crippen molar-refractivity contribution in [1.29, 1.82) is 0 Å². The minimum Gasteiger partial charge on any atom is -0.368 e. The summed E-state index contributed by atoms with van der Waals surface area (Å²) in [6.45, 7) is 4.48. The van der Waals surface area contributed by atoms with Crippen LogP contribution in [0.3, 0.4) is 0 Å². The molecule has 0 aromatic heterocycles. The van der Waals surface area contributed by atoms with E-state index in [0.717, 1.165) is 19.5 Å². The van der Waals surface area contributed by atoms with Crippen molar-refractivity contribution in [3.05, 3.63) is 0 Å². The normalized spacial score (nSPS) is 15.4. The van der Waals surface area contributed by atoms with E-state index in [-0.39, 0.29) is 5.91 Å². The van der Waals surface area contributed by atoms with Crippen LogP contribution in [0.25, 0.3) is 0 Å². The van der Waals surface area contributed by atoms with Gasteiger partial charge >= 0.3 is 0 Å². The number of nitrogens with one attached hydrogen (secondary N) is 1.